The monoisotopic (exact) mass is 223 g/mol. The summed E-state index contributed by atoms with van der Waals surface area (Å²) in [6.07, 6.45) is 1.43. The molecule has 0 atom stereocenters. The fourth-order valence-corrected chi connectivity index (χ4v) is 0.978. The van der Waals surface area contributed by atoms with Crippen LogP contribution in [-0.2, 0) is 0 Å². The Bertz CT molecular complexity index is 358. The van der Waals surface area contributed by atoms with Gasteiger partial charge in [0, 0.05) is 6.20 Å². The van der Waals surface area contributed by atoms with Crippen LogP contribution in [0, 0.1) is 0 Å². The van der Waals surface area contributed by atoms with Gasteiger partial charge in [0.15, 0.2) is 0 Å². The van der Waals surface area contributed by atoms with Gasteiger partial charge in [0.1, 0.15) is 0 Å². The highest BCUT2D eigenvalue weighted by atomic mass is 16.4. The van der Waals surface area contributed by atoms with E-state index in [4.69, 9.17) is 16.7 Å². The highest BCUT2D eigenvalue weighted by Gasteiger charge is 2.02. The standard InChI is InChI=1S/C9H11N3O2.C2H6/c10-8(5-12-11)6-1-3-7(4-2-6)9(13)14;1-2/h1-5,12H,10-11H2,(H,13,14);1-2H3/b8-5-;. The molecule has 0 saturated carbocycles. The molecule has 1 rings (SSSR count). The topological polar surface area (TPSA) is 101 Å². The van der Waals surface area contributed by atoms with Gasteiger partial charge in [-0.15, -0.1) is 0 Å². The van der Waals surface area contributed by atoms with Crippen LogP contribution in [0.2, 0.25) is 0 Å². The first kappa shape index (κ1) is 14.0. The van der Waals surface area contributed by atoms with Crippen LogP contribution < -0.4 is 17.0 Å². The van der Waals surface area contributed by atoms with Crippen LogP contribution >= 0.6 is 0 Å². The van der Waals surface area contributed by atoms with Crippen LogP contribution in [-0.4, -0.2) is 11.1 Å². The van der Waals surface area contributed by atoms with E-state index in [1.165, 1.54) is 18.3 Å². The summed E-state index contributed by atoms with van der Waals surface area (Å²) in [6.45, 7) is 4.00. The third-order valence-corrected chi connectivity index (χ3v) is 1.70. The summed E-state index contributed by atoms with van der Waals surface area (Å²) >= 11 is 0. The first-order valence-electron chi connectivity index (χ1n) is 4.90. The van der Waals surface area contributed by atoms with Crippen molar-refractivity contribution in [1.82, 2.24) is 5.43 Å². The van der Waals surface area contributed by atoms with Crippen molar-refractivity contribution < 1.29 is 9.90 Å². The Morgan fingerprint density at radius 1 is 1.25 bits per heavy atom. The van der Waals surface area contributed by atoms with Crippen LogP contribution in [0.1, 0.15) is 29.8 Å². The van der Waals surface area contributed by atoms with Gasteiger partial charge >= 0.3 is 5.97 Å². The number of hydrogen-bond donors (Lipinski definition) is 4. The van der Waals surface area contributed by atoms with Crippen LogP contribution in [0.3, 0.4) is 0 Å². The lowest BCUT2D eigenvalue weighted by atomic mass is 10.1. The second kappa shape index (κ2) is 7.30. The van der Waals surface area contributed by atoms with Crippen molar-refractivity contribution in [3.8, 4) is 0 Å². The van der Waals surface area contributed by atoms with E-state index in [1.54, 1.807) is 12.1 Å². The lowest BCUT2D eigenvalue weighted by Crippen LogP contribution is -2.16. The molecule has 88 valence electrons. The van der Waals surface area contributed by atoms with Gasteiger partial charge in [0.2, 0.25) is 0 Å². The molecule has 1 aromatic rings. The van der Waals surface area contributed by atoms with Crippen LogP contribution in [0.15, 0.2) is 30.5 Å². The molecule has 0 radical (unpaired) electrons. The van der Waals surface area contributed by atoms with Crippen LogP contribution in [0.5, 0.6) is 0 Å². The van der Waals surface area contributed by atoms with Gasteiger partial charge < -0.3 is 16.3 Å². The molecule has 0 heterocycles. The van der Waals surface area contributed by atoms with Gasteiger partial charge in [0.25, 0.3) is 0 Å². The zero-order valence-electron chi connectivity index (χ0n) is 9.40. The average molecular weight is 223 g/mol. The van der Waals surface area contributed by atoms with Gasteiger partial charge in [-0.3, -0.25) is 5.84 Å². The summed E-state index contributed by atoms with van der Waals surface area (Å²) in [5.41, 5.74) is 9.29. The molecule has 0 fully saturated rings. The summed E-state index contributed by atoms with van der Waals surface area (Å²) in [5, 5.41) is 8.64. The van der Waals surface area contributed by atoms with E-state index >= 15 is 0 Å². The summed E-state index contributed by atoms with van der Waals surface area (Å²) in [4.78, 5) is 10.5. The normalized spacial score (nSPS) is 10.1. The molecule has 1 aromatic carbocycles. The molecule has 0 amide bonds. The molecule has 0 saturated heterocycles. The van der Waals surface area contributed by atoms with E-state index in [0.29, 0.717) is 11.3 Å². The molecular formula is C11H17N3O2. The van der Waals surface area contributed by atoms with E-state index in [0.717, 1.165) is 0 Å². The molecule has 5 nitrogen and oxygen atoms in total. The molecule has 0 aliphatic heterocycles. The minimum absolute atomic E-state index is 0.224. The van der Waals surface area contributed by atoms with Crippen molar-refractivity contribution in [2.75, 3.05) is 0 Å². The van der Waals surface area contributed by atoms with Crippen molar-refractivity contribution in [1.29, 1.82) is 0 Å². The number of aromatic carboxylic acids is 1. The zero-order valence-corrected chi connectivity index (χ0v) is 9.40. The maximum atomic E-state index is 10.5. The predicted molar refractivity (Wildman–Crippen MR) is 64.2 cm³/mol. The summed E-state index contributed by atoms with van der Waals surface area (Å²) in [7, 11) is 0. The SMILES string of the molecule is CC.NN/C=C(\N)c1ccc(C(=O)O)cc1. The average Bonchev–Trinajstić information content (AvgIpc) is 2.32. The van der Waals surface area contributed by atoms with E-state index in [-0.39, 0.29) is 5.56 Å². The largest absolute Gasteiger partial charge is 0.478 e. The number of rotatable bonds is 3. The third-order valence-electron chi connectivity index (χ3n) is 1.70. The maximum Gasteiger partial charge on any atom is 0.335 e. The molecule has 0 aromatic heterocycles. The second-order valence-corrected chi connectivity index (χ2v) is 2.65. The Labute approximate surface area is 94.7 Å². The summed E-state index contributed by atoms with van der Waals surface area (Å²) in [5.74, 6) is 4.08. The summed E-state index contributed by atoms with van der Waals surface area (Å²) < 4.78 is 0. The molecule has 6 N–H and O–H groups in total. The van der Waals surface area contributed by atoms with Crippen molar-refractivity contribution in [3.05, 3.63) is 41.6 Å². The van der Waals surface area contributed by atoms with Gasteiger partial charge in [-0.1, -0.05) is 26.0 Å². The molecule has 0 spiro atoms. The number of nitrogens with one attached hydrogen (secondary N) is 1. The number of carbonyl (C=O) groups is 1. The first-order chi connectivity index (χ1) is 7.65. The van der Waals surface area contributed by atoms with Gasteiger partial charge in [-0.05, 0) is 17.7 Å². The Morgan fingerprint density at radius 2 is 1.69 bits per heavy atom. The highest BCUT2D eigenvalue weighted by molar-refractivity contribution is 5.88. The van der Waals surface area contributed by atoms with E-state index in [1.807, 2.05) is 13.8 Å². The predicted octanol–water partition coefficient (Wildman–Crippen LogP) is 1.13. The smallest absolute Gasteiger partial charge is 0.335 e. The first-order valence-corrected chi connectivity index (χ1v) is 4.90. The summed E-state index contributed by atoms with van der Waals surface area (Å²) in [6, 6.07) is 6.20. The minimum atomic E-state index is -0.962. The Balaban J connectivity index is 0.00000106. The van der Waals surface area contributed by atoms with Crippen molar-refractivity contribution in [2.45, 2.75) is 13.8 Å². The number of benzene rings is 1. The van der Waals surface area contributed by atoms with Crippen LogP contribution in [0.4, 0.5) is 0 Å². The highest BCUT2D eigenvalue weighted by Crippen LogP contribution is 2.09. The number of hydrazine groups is 1. The Kier molecular flexibility index (Phi) is 6.39. The second-order valence-electron chi connectivity index (χ2n) is 2.65. The van der Waals surface area contributed by atoms with Gasteiger partial charge in [-0.2, -0.15) is 0 Å². The lowest BCUT2D eigenvalue weighted by molar-refractivity contribution is 0.0697. The maximum absolute atomic E-state index is 10.5. The van der Waals surface area contributed by atoms with Crippen molar-refractivity contribution in [2.24, 2.45) is 11.6 Å². The Morgan fingerprint density at radius 3 is 2.06 bits per heavy atom. The number of nitrogens with two attached hydrogens (primary N) is 2. The van der Waals surface area contributed by atoms with E-state index < -0.39 is 5.97 Å². The number of carboxylic acid groups (broad SMARTS) is 1. The molecular weight excluding hydrogens is 206 g/mol. The number of hydrogen-bond acceptors (Lipinski definition) is 4. The fourth-order valence-electron chi connectivity index (χ4n) is 0.978. The van der Waals surface area contributed by atoms with Gasteiger partial charge in [0.05, 0.1) is 11.3 Å². The molecule has 0 aliphatic rings. The number of carboxylic acids is 1. The molecule has 0 unspecified atom stereocenters. The fraction of sp³-hybridized carbons (Fsp3) is 0.182. The van der Waals surface area contributed by atoms with E-state index in [2.05, 4.69) is 5.43 Å². The van der Waals surface area contributed by atoms with Crippen molar-refractivity contribution in [3.63, 3.8) is 0 Å². The molecule has 16 heavy (non-hydrogen) atoms. The molecule has 0 aliphatic carbocycles. The van der Waals surface area contributed by atoms with E-state index in [9.17, 15) is 4.79 Å². The molecule has 0 bridgehead atoms. The van der Waals surface area contributed by atoms with Crippen LogP contribution in [0.25, 0.3) is 5.70 Å². The van der Waals surface area contributed by atoms with Crippen molar-refractivity contribution >= 4 is 11.7 Å². The Hall–Kier alpha value is -2.01. The lowest BCUT2D eigenvalue weighted by Gasteiger charge is -2.01. The zero-order chi connectivity index (χ0) is 12.6. The third kappa shape index (κ3) is 4.02. The quantitative estimate of drug-likeness (QED) is 0.454. The molecule has 5 heteroatoms. The van der Waals surface area contributed by atoms with Gasteiger partial charge in [-0.25, -0.2) is 4.79 Å². The minimum Gasteiger partial charge on any atom is -0.478 e.